The van der Waals surface area contributed by atoms with Crippen molar-refractivity contribution in [2.45, 2.75) is 0 Å². The Labute approximate surface area is 154 Å². The maximum Gasteiger partial charge on any atom is 0.0998 e. The molecule has 2 aromatic carbocycles. The maximum absolute atomic E-state index is 9.50. The summed E-state index contributed by atoms with van der Waals surface area (Å²) in [6, 6.07) is 24.4. The number of rotatable bonds is 4. The van der Waals surface area contributed by atoms with Crippen molar-refractivity contribution >= 4 is 29.7 Å². The number of hydrogen-bond donors (Lipinski definition) is 0. The van der Waals surface area contributed by atoms with Crippen LogP contribution in [0.15, 0.2) is 72.9 Å². The first kappa shape index (κ1) is 18.4. The highest BCUT2D eigenvalue weighted by molar-refractivity contribution is 5.89. The van der Waals surface area contributed by atoms with Gasteiger partial charge in [0.2, 0.25) is 0 Å². The molecule has 0 unspecified atom stereocenters. The number of halogens is 1. The Balaban J connectivity index is 0.00000225. The average molecular weight is 350 g/mol. The standard InChI is InChI=1S/C21H19N3.ClH/c1-23(2)19-10-12-20(13-11-19)24-14-6-9-21(24)15-18(16-22)17-7-4-3-5-8-17;/h3-15H,1-2H3;1H/b18-15+;. The summed E-state index contributed by atoms with van der Waals surface area (Å²) in [4.78, 5) is 2.07. The lowest BCUT2D eigenvalue weighted by Crippen LogP contribution is -2.08. The molecule has 0 aliphatic heterocycles. The molecule has 0 aliphatic rings. The first-order valence-corrected chi connectivity index (χ1v) is 7.81. The molecule has 0 saturated heterocycles. The van der Waals surface area contributed by atoms with E-state index in [2.05, 4.69) is 39.8 Å². The second-order valence-electron chi connectivity index (χ2n) is 5.75. The normalized spacial score (nSPS) is 10.7. The van der Waals surface area contributed by atoms with Gasteiger partial charge in [0.1, 0.15) is 0 Å². The Morgan fingerprint density at radius 2 is 1.64 bits per heavy atom. The van der Waals surface area contributed by atoms with Crippen LogP contribution in [0, 0.1) is 11.3 Å². The van der Waals surface area contributed by atoms with E-state index in [0.29, 0.717) is 5.57 Å². The van der Waals surface area contributed by atoms with Crippen molar-refractivity contribution in [1.29, 1.82) is 5.26 Å². The Morgan fingerprint density at radius 3 is 2.24 bits per heavy atom. The number of aromatic nitrogens is 1. The van der Waals surface area contributed by atoms with Crippen molar-refractivity contribution in [3.05, 3.63) is 84.2 Å². The second kappa shape index (κ2) is 8.23. The van der Waals surface area contributed by atoms with Gasteiger partial charge in [0, 0.05) is 37.4 Å². The lowest BCUT2D eigenvalue weighted by atomic mass is 10.1. The van der Waals surface area contributed by atoms with Gasteiger partial charge in [0.05, 0.1) is 11.6 Å². The molecule has 3 aromatic rings. The molecule has 1 aromatic heterocycles. The zero-order chi connectivity index (χ0) is 16.9. The summed E-state index contributed by atoms with van der Waals surface area (Å²) < 4.78 is 2.08. The van der Waals surface area contributed by atoms with E-state index in [1.54, 1.807) is 0 Å². The molecule has 0 radical (unpaired) electrons. The van der Waals surface area contributed by atoms with E-state index in [-0.39, 0.29) is 12.4 Å². The van der Waals surface area contributed by atoms with E-state index in [4.69, 9.17) is 0 Å². The SMILES string of the molecule is CN(C)c1ccc(-n2cccc2/C=C(\C#N)c2ccccc2)cc1.Cl. The summed E-state index contributed by atoms with van der Waals surface area (Å²) in [7, 11) is 4.05. The average Bonchev–Trinajstić information content (AvgIpc) is 3.08. The number of nitrogens with zero attached hydrogens (tertiary/aromatic N) is 3. The van der Waals surface area contributed by atoms with E-state index in [9.17, 15) is 5.26 Å². The topological polar surface area (TPSA) is 32.0 Å². The molecule has 0 amide bonds. The monoisotopic (exact) mass is 349 g/mol. The number of hydrogen-bond acceptors (Lipinski definition) is 2. The third-order valence-electron chi connectivity index (χ3n) is 3.92. The van der Waals surface area contributed by atoms with Crippen molar-refractivity contribution < 1.29 is 0 Å². The molecule has 4 heteroatoms. The molecule has 0 N–H and O–H groups in total. The number of benzene rings is 2. The first-order chi connectivity index (χ1) is 11.7. The minimum atomic E-state index is 0. The van der Waals surface area contributed by atoms with Gasteiger partial charge in [-0.05, 0) is 48.0 Å². The quantitative estimate of drug-likeness (QED) is 0.619. The largest absolute Gasteiger partial charge is 0.378 e. The van der Waals surface area contributed by atoms with Gasteiger partial charge in [0.25, 0.3) is 0 Å². The third-order valence-corrected chi connectivity index (χ3v) is 3.92. The third kappa shape index (κ3) is 4.12. The van der Waals surface area contributed by atoms with Crippen molar-refractivity contribution in [3.8, 4) is 11.8 Å². The van der Waals surface area contributed by atoms with Crippen LogP contribution in [-0.2, 0) is 0 Å². The Hall–Kier alpha value is -2.96. The molecular formula is C21H20ClN3. The molecule has 0 spiro atoms. The molecule has 25 heavy (non-hydrogen) atoms. The summed E-state index contributed by atoms with van der Waals surface area (Å²) in [5, 5.41) is 9.50. The fraction of sp³-hybridized carbons (Fsp3) is 0.0952. The minimum Gasteiger partial charge on any atom is -0.378 e. The van der Waals surface area contributed by atoms with Crippen LogP contribution < -0.4 is 4.90 Å². The molecular weight excluding hydrogens is 330 g/mol. The van der Waals surface area contributed by atoms with Gasteiger partial charge in [-0.1, -0.05) is 30.3 Å². The highest BCUT2D eigenvalue weighted by Crippen LogP contribution is 2.22. The van der Waals surface area contributed by atoms with Crippen molar-refractivity contribution in [1.82, 2.24) is 4.57 Å². The van der Waals surface area contributed by atoms with Crippen LogP contribution in [0.3, 0.4) is 0 Å². The van der Waals surface area contributed by atoms with Gasteiger partial charge < -0.3 is 9.47 Å². The molecule has 3 nitrogen and oxygen atoms in total. The summed E-state index contributed by atoms with van der Waals surface area (Å²) in [6.07, 6.45) is 3.94. The van der Waals surface area contributed by atoms with Gasteiger partial charge in [-0.25, -0.2) is 0 Å². The molecule has 0 aliphatic carbocycles. The van der Waals surface area contributed by atoms with Gasteiger partial charge in [-0.2, -0.15) is 5.26 Å². The van der Waals surface area contributed by atoms with Crippen molar-refractivity contribution in [2.75, 3.05) is 19.0 Å². The predicted molar refractivity (Wildman–Crippen MR) is 107 cm³/mol. The summed E-state index contributed by atoms with van der Waals surface area (Å²) in [6.45, 7) is 0. The molecule has 0 atom stereocenters. The molecule has 0 fully saturated rings. The van der Waals surface area contributed by atoms with E-state index >= 15 is 0 Å². The van der Waals surface area contributed by atoms with Gasteiger partial charge in [0.15, 0.2) is 0 Å². The lowest BCUT2D eigenvalue weighted by Gasteiger charge is -2.14. The summed E-state index contributed by atoms with van der Waals surface area (Å²) >= 11 is 0. The van der Waals surface area contributed by atoms with Crippen LogP contribution in [0.2, 0.25) is 0 Å². The molecule has 3 rings (SSSR count). The van der Waals surface area contributed by atoms with Crippen LogP contribution in [0.25, 0.3) is 17.3 Å². The van der Waals surface area contributed by atoms with Crippen LogP contribution in [0.4, 0.5) is 5.69 Å². The first-order valence-electron chi connectivity index (χ1n) is 7.81. The fourth-order valence-electron chi connectivity index (χ4n) is 2.60. The molecule has 0 saturated carbocycles. The zero-order valence-corrected chi connectivity index (χ0v) is 15.1. The van der Waals surface area contributed by atoms with E-state index in [1.807, 2.05) is 68.8 Å². The smallest absolute Gasteiger partial charge is 0.0998 e. The van der Waals surface area contributed by atoms with Crippen molar-refractivity contribution in [3.63, 3.8) is 0 Å². The van der Waals surface area contributed by atoms with E-state index in [0.717, 1.165) is 22.6 Å². The number of nitriles is 1. The fourth-order valence-corrected chi connectivity index (χ4v) is 2.60. The number of allylic oxidation sites excluding steroid dienone is 1. The molecule has 0 bridgehead atoms. The predicted octanol–water partition coefficient (Wildman–Crippen LogP) is 5.03. The maximum atomic E-state index is 9.50. The summed E-state index contributed by atoms with van der Waals surface area (Å²) in [5.41, 5.74) is 4.79. The highest BCUT2D eigenvalue weighted by Gasteiger charge is 2.05. The molecule has 1 heterocycles. The lowest BCUT2D eigenvalue weighted by molar-refractivity contribution is 1.06. The zero-order valence-electron chi connectivity index (χ0n) is 14.3. The second-order valence-corrected chi connectivity index (χ2v) is 5.75. The Morgan fingerprint density at radius 1 is 0.960 bits per heavy atom. The van der Waals surface area contributed by atoms with E-state index < -0.39 is 0 Å². The van der Waals surface area contributed by atoms with E-state index in [1.165, 1.54) is 0 Å². The minimum absolute atomic E-state index is 0. The van der Waals surface area contributed by atoms with Gasteiger partial charge in [-0.15, -0.1) is 12.4 Å². The molecule has 126 valence electrons. The Bertz CT molecular complexity index is 885. The Kier molecular flexibility index (Phi) is 6.05. The van der Waals surface area contributed by atoms with Crippen LogP contribution in [-0.4, -0.2) is 18.7 Å². The summed E-state index contributed by atoms with van der Waals surface area (Å²) in [5.74, 6) is 0. The van der Waals surface area contributed by atoms with Crippen LogP contribution in [0.5, 0.6) is 0 Å². The highest BCUT2D eigenvalue weighted by atomic mass is 35.5. The van der Waals surface area contributed by atoms with Gasteiger partial charge in [-0.3, -0.25) is 0 Å². The van der Waals surface area contributed by atoms with Crippen LogP contribution in [0.1, 0.15) is 11.3 Å². The van der Waals surface area contributed by atoms with Gasteiger partial charge >= 0.3 is 0 Å². The van der Waals surface area contributed by atoms with Crippen LogP contribution >= 0.6 is 12.4 Å². The number of anilines is 1. The van der Waals surface area contributed by atoms with Crippen molar-refractivity contribution in [2.24, 2.45) is 0 Å².